The monoisotopic (exact) mass is 444 g/mol. The van der Waals surface area contributed by atoms with Gasteiger partial charge < -0.3 is 13.9 Å². The molecule has 0 spiro atoms. The molecule has 0 aromatic carbocycles. The van der Waals surface area contributed by atoms with Crippen LogP contribution in [-0.2, 0) is 29.5 Å². The van der Waals surface area contributed by atoms with Gasteiger partial charge in [0, 0.05) is 23.5 Å². The summed E-state index contributed by atoms with van der Waals surface area (Å²) >= 11 is 0. The van der Waals surface area contributed by atoms with Gasteiger partial charge in [0.25, 0.3) is 0 Å². The van der Waals surface area contributed by atoms with Crippen molar-refractivity contribution in [3.63, 3.8) is 0 Å². The maximum Gasteiger partial charge on any atom is 0.331 e. The predicted octanol–water partition coefficient (Wildman–Crippen LogP) is 4.65. The quantitative estimate of drug-likeness (QED) is 0.325. The van der Waals surface area contributed by atoms with Gasteiger partial charge in [0.1, 0.15) is 0 Å². The number of hydrogen-bond donors (Lipinski definition) is 0. The van der Waals surface area contributed by atoms with Gasteiger partial charge in [0.2, 0.25) is 0 Å². The maximum absolute atomic E-state index is 13.8. The Balaban J connectivity index is 2.36. The SMILES string of the molecule is COC(=O)/C=C(\CO[Si](C)(C)C(C)(C)C)S(=O)[C@@H]1C2CC[C@@](C)([C@@H]1OC)C2(C)C. The molecule has 0 radical (unpaired) electrons. The summed E-state index contributed by atoms with van der Waals surface area (Å²) in [4.78, 5) is 12.6. The van der Waals surface area contributed by atoms with E-state index in [2.05, 4.69) is 54.6 Å². The lowest BCUT2D eigenvalue weighted by Gasteiger charge is -2.39. The van der Waals surface area contributed by atoms with E-state index in [0.29, 0.717) is 4.91 Å². The highest BCUT2D eigenvalue weighted by Gasteiger charge is 2.68. The lowest BCUT2D eigenvalue weighted by Crippen LogP contribution is -2.44. The summed E-state index contributed by atoms with van der Waals surface area (Å²) in [5.41, 5.74) is 0.00801. The Labute approximate surface area is 180 Å². The zero-order chi connectivity index (χ0) is 22.4. The molecule has 0 aliphatic heterocycles. The Morgan fingerprint density at radius 2 is 1.79 bits per heavy atom. The number of rotatable bonds is 7. The highest BCUT2D eigenvalue weighted by atomic mass is 32.2. The minimum atomic E-state index is -2.06. The van der Waals surface area contributed by atoms with Gasteiger partial charge in [-0.05, 0) is 42.3 Å². The van der Waals surface area contributed by atoms with E-state index in [1.54, 1.807) is 7.11 Å². The number of fused-ring (bicyclic) bond motifs is 2. The molecule has 7 heteroatoms. The Morgan fingerprint density at radius 1 is 1.21 bits per heavy atom. The van der Waals surface area contributed by atoms with Gasteiger partial charge in [-0.3, -0.25) is 4.21 Å². The van der Waals surface area contributed by atoms with Crippen LogP contribution in [0.15, 0.2) is 11.0 Å². The van der Waals surface area contributed by atoms with Crippen LogP contribution < -0.4 is 0 Å². The van der Waals surface area contributed by atoms with E-state index < -0.39 is 25.1 Å². The third-order valence-corrected chi connectivity index (χ3v) is 14.6. The van der Waals surface area contributed by atoms with Gasteiger partial charge in [-0.1, -0.05) is 41.5 Å². The molecule has 2 aliphatic carbocycles. The zero-order valence-corrected chi connectivity index (χ0v) is 21.7. The lowest BCUT2D eigenvalue weighted by molar-refractivity contribution is -0.134. The molecule has 0 amide bonds. The molecule has 0 heterocycles. The molecular weight excluding hydrogens is 404 g/mol. The Kier molecular flexibility index (Phi) is 7.01. The van der Waals surface area contributed by atoms with Gasteiger partial charge in [0.05, 0.1) is 35.9 Å². The number of ether oxygens (including phenoxy) is 2. The first-order valence-corrected chi connectivity index (χ1v) is 14.6. The molecule has 0 N–H and O–H groups in total. The lowest BCUT2D eigenvalue weighted by atomic mass is 9.70. The third kappa shape index (κ3) is 4.17. The standard InChI is InChI=1S/C22H40O5SSi/c1-20(2,3)29(9,10)27-14-15(13-17(23)25-7)28(24)18-16-11-12-22(6,19(18)26-8)21(16,4)5/h13,16,18-19H,11-12,14H2,1-10H3/b15-13+/t16?,18-,19-,22+,28?/m1/s1. The smallest absolute Gasteiger partial charge is 0.331 e. The molecule has 168 valence electrons. The average Bonchev–Trinajstić information content (AvgIpc) is 2.94. The van der Waals surface area contributed by atoms with Crippen molar-refractivity contribution >= 4 is 25.1 Å². The van der Waals surface area contributed by atoms with E-state index >= 15 is 0 Å². The minimum absolute atomic E-state index is 0.0244. The largest absolute Gasteiger partial charge is 0.466 e. The second kappa shape index (κ2) is 8.21. The van der Waals surface area contributed by atoms with Crippen molar-refractivity contribution in [3.8, 4) is 0 Å². The fraction of sp³-hybridized carbons (Fsp3) is 0.864. The molecule has 0 saturated heterocycles. The average molecular weight is 445 g/mol. The highest BCUT2D eigenvalue weighted by molar-refractivity contribution is 7.89. The molecule has 2 aliphatic rings. The van der Waals surface area contributed by atoms with Crippen LogP contribution >= 0.6 is 0 Å². The second-order valence-corrected chi connectivity index (χ2v) is 17.4. The van der Waals surface area contributed by atoms with Gasteiger partial charge in [0.15, 0.2) is 8.32 Å². The van der Waals surface area contributed by atoms with Crippen LogP contribution in [0.5, 0.6) is 0 Å². The second-order valence-electron chi connectivity index (χ2n) is 10.9. The molecular formula is C22H40O5SSi. The van der Waals surface area contributed by atoms with Crippen LogP contribution in [0, 0.1) is 16.7 Å². The van der Waals surface area contributed by atoms with Crippen molar-refractivity contribution in [3.05, 3.63) is 11.0 Å². The Hall–Kier alpha value is -0.503. The van der Waals surface area contributed by atoms with Gasteiger partial charge in [-0.25, -0.2) is 4.79 Å². The first kappa shape index (κ1) is 24.8. The van der Waals surface area contributed by atoms with Crippen LogP contribution in [0.25, 0.3) is 0 Å². The maximum atomic E-state index is 13.8. The number of methoxy groups -OCH3 is 2. The van der Waals surface area contributed by atoms with Crippen molar-refractivity contribution in [2.75, 3.05) is 20.8 Å². The summed E-state index contributed by atoms with van der Waals surface area (Å²) in [6, 6.07) is 0. The Morgan fingerprint density at radius 3 is 2.28 bits per heavy atom. The van der Waals surface area contributed by atoms with Crippen LogP contribution in [0.3, 0.4) is 0 Å². The van der Waals surface area contributed by atoms with Crippen LogP contribution in [-0.4, -0.2) is 50.7 Å². The van der Waals surface area contributed by atoms with E-state index in [1.165, 1.54) is 13.2 Å². The molecule has 2 fully saturated rings. The van der Waals surface area contributed by atoms with Crippen LogP contribution in [0.1, 0.15) is 54.4 Å². The van der Waals surface area contributed by atoms with Crippen LogP contribution in [0.4, 0.5) is 0 Å². The summed E-state index contributed by atoms with van der Waals surface area (Å²) < 4.78 is 31.0. The zero-order valence-electron chi connectivity index (χ0n) is 19.9. The number of carbonyl (C=O) groups is 1. The highest BCUT2D eigenvalue weighted by Crippen LogP contribution is 2.67. The van der Waals surface area contributed by atoms with Gasteiger partial charge in [-0.15, -0.1) is 0 Å². The number of hydrogen-bond acceptors (Lipinski definition) is 5. The normalized spacial score (nSPS) is 33.0. The molecule has 2 unspecified atom stereocenters. The topological polar surface area (TPSA) is 61.8 Å². The number of esters is 1. The molecule has 29 heavy (non-hydrogen) atoms. The summed E-state index contributed by atoms with van der Waals surface area (Å²) in [6.07, 6.45) is 3.38. The van der Waals surface area contributed by atoms with E-state index in [0.717, 1.165) is 12.8 Å². The fourth-order valence-corrected chi connectivity index (χ4v) is 8.07. The molecule has 2 bridgehead atoms. The van der Waals surface area contributed by atoms with Gasteiger partial charge in [-0.2, -0.15) is 0 Å². The summed E-state index contributed by atoms with van der Waals surface area (Å²) in [5.74, 6) is -0.207. The fourth-order valence-electron chi connectivity index (χ4n) is 4.87. The molecule has 2 saturated carbocycles. The molecule has 5 atom stereocenters. The minimum Gasteiger partial charge on any atom is -0.466 e. The summed E-state index contributed by atoms with van der Waals surface area (Å²) in [6.45, 7) is 17.8. The van der Waals surface area contributed by atoms with E-state index in [4.69, 9.17) is 13.9 Å². The Bertz CT molecular complexity index is 694. The van der Waals surface area contributed by atoms with Gasteiger partial charge >= 0.3 is 5.97 Å². The van der Waals surface area contributed by atoms with Crippen molar-refractivity contribution < 1.29 is 22.9 Å². The molecule has 0 aromatic heterocycles. The number of carbonyl (C=O) groups excluding carboxylic acids is 1. The first-order chi connectivity index (χ1) is 13.1. The summed E-state index contributed by atoms with van der Waals surface area (Å²) in [5, 5.41) is -0.116. The summed E-state index contributed by atoms with van der Waals surface area (Å²) in [7, 11) is -0.388. The van der Waals surface area contributed by atoms with Crippen molar-refractivity contribution in [2.45, 2.75) is 83.9 Å². The van der Waals surface area contributed by atoms with Crippen molar-refractivity contribution in [1.29, 1.82) is 0 Å². The molecule has 0 aromatic rings. The van der Waals surface area contributed by atoms with Crippen LogP contribution in [0.2, 0.25) is 18.1 Å². The molecule has 2 rings (SSSR count). The predicted molar refractivity (Wildman–Crippen MR) is 121 cm³/mol. The van der Waals surface area contributed by atoms with E-state index in [9.17, 15) is 9.00 Å². The van der Waals surface area contributed by atoms with Crippen molar-refractivity contribution in [1.82, 2.24) is 0 Å². The molecule has 5 nitrogen and oxygen atoms in total. The van der Waals surface area contributed by atoms with Crippen molar-refractivity contribution in [2.24, 2.45) is 16.7 Å². The third-order valence-electron chi connectivity index (χ3n) is 8.32. The van der Waals surface area contributed by atoms with E-state index in [1.807, 2.05) is 0 Å². The van der Waals surface area contributed by atoms with E-state index in [-0.39, 0.29) is 39.7 Å². The first-order valence-electron chi connectivity index (χ1n) is 10.5.